The first kappa shape index (κ1) is 19.2. The van der Waals surface area contributed by atoms with Crippen molar-refractivity contribution in [2.75, 3.05) is 0 Å². The molecule has 0 aliphatic carbocycles. The van der Waals surface area contributed by atoms with Crippen molar-refractivity contribution in [3.63, 3.8) is 0 Å². The number of ether oxygens (including phenoxy) is 2. The Morgan fingerprint density at radius 1 is 0.968 bits per heavy atom. The van der Waals surface area contributed by atoms with Crippen LogP contribution < -0.4 is 9.47 Å². The van der Waals surface area contributed by atoms with E-state index in [0.717, 1.165) is 16.7 Å². The summed E-state index contributed by atoms with van der Waals surface area (Å²) in [5, 5.41) is 0. The Bertz CT molecular complexity index is 1210. The lowest BCUT2D eigenvalue weighted by molar-refractivity contribution is -0.135. The van der Waals surface area contributed by atoms with Gasteiger partial charge in [-0.2, -0.15) is 0 Å². The van der Waals surface area contributed by atoms with E-state index in [4.69, 9.17) is 9.47 Å². The van der Waals surface area contributed by atoms with Crippen LogP contribution in [0.15, 0.2) is 66.7 Å². The molecule has 0 spiro atoms. The third-order valence-corrected chi connectivity index (χ3v) is 5.79. The lowest BCUT2D eigenvalue weighted by Crippen LogP contribution is -2.21. The van der Waals surface area contributed by atoms with E-state index >= 15 is 0 Å². The number of nitrogens with zero attached hydrogens (tertiary/aromatic N) is 1. The number of hydrogen-bond acceptors (Lipinski definition) is 5. The standard InChI is InChI=1S/C26H21NO4/c1-15(2)17-5-3-16(4-6-17)13-22-25(29)19-7-8-21-24(26(19)31-22)20(14-23(28)30-21)18-9-11-27-12-10-18/h3-13,15,20H,14H2,1-2H3. The smallest absolute Gasteiger partial charge is 0.312 e. The number of hydrogen-bond donors (Lipinski definition) is 0. The normalized spacial score (nSPS) is 18.5. The summed E-state index contributed by atoms with van der Waals surface area (Å²) in [7, 11) is 0. The number of ketones is 1. The topological polar surface area (TPSA) is 65.5 Å². The van der Waals surface area contributed by atoms with Crippen LogP contribution in [0, 0.1) is 0 Å². The molecule has 0 radical (unpaired) electrons. The maximum atomic E-state index is 13.1. The fraction of sp³-hybridized carbons (Fsp3) is 0.192. The predicted octanol–water partition coefficient (Wildman–Crippen LogP) is 5.26. The molecule has 2 aliphatic heterocycles. The molecule has 5 nitrogen and oxygen atoms in total. The fourth-order valence-electron chi connectivity index (χ4n) is 4.12. The van der Waals surface area contributed by atoms with Gasteiger partial charge in [-0.15, -0.1) is 0 Å². The van der Waals surface area contributed by atoms with Crippen LogP contribution in [0.3, 0.4) is 0 Å². The molecule has 2 aliphatic rings. The highest BCUT2D eigenvalue weighted by atomic mass is 16.5. The van der Waals surface area contributed by atoms with Crippen molar-refractivity contribution in [2.24, 2.45) is 0 Å². The number of esters is 1. The van der Waals surface area contributed by atoms with E-state index in [-0.39, 0.29) is 29.9 Å². The van der Waals surface area contributed by atoms with Gasteiger partial charge >= 0.3 is 5.97 Å². The molecule has 0 saturated carbocycles. The molecule has 1 aromatic heterocycles. The monoisotopic (exact) mass is 411 g/mol. The van der Waals surface area contributed by atoms with Crippen LogP contribution in [0.4, 0.5) is 0 Å². The lowest BCUT2D eigenvalue weighted by atomic mass is 9.85. The number of Topliss-reactive ketones (excluding diaryl/α,β-unsaturated/α-hetero) is 1. The second kappa shape index (κ2) is 7.51. The highest BCUT2D eigenvalue weighted by Crippen LogP contribution is 2.48. The molecule has 5 rings (SSSR count). The molecule has 0 N–H and O–H groups in total. The second-order valence-corrected chi connectivity index (χ2v) is 8.13. The molecular formula is C26H21NO4. The summed E-state index contributed by atoms with van der Waals surface area (Å²) in [6, 6.07) is 15.2. The van der Waals surface area contributed by atoms with Gasteiger partial charge in [0, 0.05) is 23.9 Å². The highest BCUT2D eigenvalue weighted by molar-refractivity contribution is 6.15. The number of allylic oxidation sites excluding steroid dienone is 1. The molecule has 31 heavy (non-hydrogen) atoms. The van der Waals surface area contributed by atoms with Gasteiger partial charge in [0.05, 0.1) is 12.0 Å². The summed E-state index contributed by atoms with van der Waals surface area (Å²) in [6.45, 7) is 4.28. The zero-order valence-corrected chi connectivity index (χ0v) is 17.3. The third kappa shape index (κ3) is 3.42. The van der Waals surface area contributed by atoms with Crippen LogP contribution in [0.5, 0.6) is 11.5 Å². The number of benzene rings is 2. The first-order valence-corrected chi connectivity index (χ1v) is 10.3. The first-order chi connectivity index (χ1) is 15.0. The van der Waals surface area contributed by atoms with Gasteiger partial charge in [-0.3, -0.25) is 14.6 Å². The SMILES string of the molecule is CC(C)c1ccc(C=C2Oc3c(ccc4c3C(c3ccncc3)CC(=O)O4)C2=O)cc1. The van der Waals surface area contributed by atoms with Gasteiger partial charge in [-0.05, 0) is 52.9 Å². The molecule has 5 heteroatoms. The summed E-state index contributed by atoms with van der Waals surface area (Å²) >= 11 is 0. The minimum atomic E-state index is -0.306. The van der Waals surface area contributed by atoms with Crippen LogP contribution in [-0.4, -0.2) is 16.7 Å². The van der Waals surface area contributed by atoms with E-state index in [1.165, 1.54) is 5.56 Å². The Balaban J connectivity index is 1.56. The molecule has 2 aromatic carbocycles. The van der Waals surface area contributed by atoms with Crippen LogP contribution in [-0.2, 0) is 4.79 Å². The average molecular weight is 411 g/mol. The minimum absolute atomic E-state index is 0.170. The summed E-state index contributed by atoms with van der Waals surface area (Å²) in [6.07, 6.45) is 5.32. The van der Waals surface area contributed by atoms with Gasteiger partial charge in [0.25, 0.3) is 0 Å². The molecule has 1 unspecified atom stereocenters. The van der Waals surface area contributed by atoms with Crippen LogP contribution >= 0.6 is 0 Å². The molecule has 0 bridgehead atoms. The van der Waals surface area contributed by atoms with Crippen molar-refractivity contribution < 1.29 is 19.1 Å². The van der Waals surface area contributed by atoms with E-state index in [1.54, 1.807) is 30.6 Å². The second-order valence-electron chi connectivity index (χ2n) is 8.13. The lowest BCUT2D eigenvalue weighted by Gasteiger charge is -2.26. The summed E-state index contributed by atoms with van der Waals surface area (Å²) in [5.41, 5.74) is 4.28. The third-order valence-electron chi connectivity index (χ3n) is 5.79. The molecule has 0 amide bonds. The Hall–Kier alpha value is -3.73. The molecular weight excluding hydrogens is 390 g/mol. The van der Waals surface area contributed by atoms with Gasteiger partial charge in [0.1, 0.15) is 11.5 Å². The Labute approximate surface area is 180 Å². The van der Waals surface area contributed by atoms with Gasteiger partial charge in [-0.1, -0.05) is 38.1 Å². The molecule has 0 saturated heterocycles. The zero-order valence-electron chi connectivity index (χ0n) is 17.3. The van der Waals surface area contributed by atoms with Crippen molar-refractivity contribution in [3.05, 3.63) is 94.5 Å². The van der Waals surface area contributed by atoms with E-state index in [1.807, 2.05) is 24.3 Å². The number of rotatable bonds is 3. The van der Waals surface area contributed by atoms with E-state index in [2.05, 4.69) is 31.0 Å². The highest BCUT2D eigenvalue weighted by Gasteiger charge is 2.38. The van der Waals surface area contributed by atoms with Gasteiger partial charge in [0.15, 0.2) is 5.76 Å². The molecule has 0 fully saturated rings. The number of carbonyl (C=O) groups is 2. The number of fused-ring (bicyclic) bond motifs is 3. The van der Waals surface area contributed by atoms with Gasteiger partial charge in [-0.25, -0.2) is 0 Å². The first-order valence-electron chi connectivity index (χ1n) is 10.3. The van der Waals surface area contributed by atoms with Crippen molar-refractivity contribution >= 4 is 17.8 Å². The maximum Gasteiger partial charge on any atom is 0.312 e. The van der Waals surface area contributed by atoms with Crippen molar-refractivity contribution in [1.29, 1.82) is 0 Å². The quantitative estimate of drug-likeness (QED) is 0.334. The van der Waals surface area contributed by atoms with Crippen LogP contribution in [0.2, 0.25) is 0 Å². The summed E-state index contributed by atoms with van der Waals surface area (Å²) in [4.78, 5) is 29.3. The average Bonchev–Trinajstić information content (AvgIpc) is 3.09. The van der Waals surface area contributed by atoms with Gasteiger partial charge < -0.3 is 9.47 Å². The van der Waals surface area contributed by atoms with E-state index in [9.17, 15) is 9.59 Å². The number of pyridine rings is 1. The zero-order chi connectivity index (χ0) is 21.5. The molecule has 3 heterocycles. The summed E-state index contributed by atoms with van der Waals surface area (Å²) < 4.78 is 11.6. The molecule has 1 atom stereocenters. The fourth-order valence-corrected chi connectivity index (χ4v) is 4.12. The van der Waals surface area contributed by atoms with Crippen LogP contribution in [0.1, 0.15) is 64.7 Å². The van der Waals surface area contributed by atoms with E-state index in [0.29, 0.717) is 23.0 Å². The largest absolute Gasteiger partial charge is 0.452 e. The number of aromatic nitrogens is 1. The van der Waals surface area contributed by atoms with Gasteiger partial charge in [0.2, 0.25) is 5.78 Å². The van der Waals surface area contributed by atoms with Crippen LogP contribution in [0.25, 0.3) is 6.08 Å². The maximum absolute atomic E-state index is 13.1. The van der Waals surface area contributed by atoms with E-state index < -0.39 is 0 Å². The Morgan fingerprint density at radius 3 is 2.42 bits per heavy atom. The van der Waals surface area contributed by atoms with Crippen molar-refractivity contribution in [2.45, 2.75) is 32.1 Å². The predicted molar refractivity (Wildman–Crippen MR) is 116 cm³/mol. The summed E-state index contributed by atoms with van der Waals surface area (Å²) in [5.74, 6) is 0.886. The van der Waals surface area contributed by atoms with Crippen molar-refractivity contribution in [1.82, 2.24) is 4.98 Å². The molecule has 3 aromatic rings. The minimum Gasteiger partial charge on any atom is -0.452 e. The molecule has 154 valence electrons. The Morgan fingerprint density at radius 2 is 1.71 bits per heavy atom. The van der Waals surface area contributed by atoms with Crippen molar-refractivity contribution in [3.8, 4) is 11.5 Å². The Kier molecular flexibility index (Phi) is 4.66. The number of carbonyl (C=O) groups excluding carboxylic acids is 2.